The molecule has 6 rings (SSSR count). The van der Waals surface area contributed by atoms with Crippen LogP contribution in [-0.2, 0) is 16.1 Å². The lowest BCUT2D eigenvalue weighted by atomic mass is 9.99. The highest BCUT2D eigenvalue weighted by Crippen LogP contribution is 2.39. The molecule has 0 amide bonds. The molecule has 0 N–H and O–H groups in total. The number of nitrogens with zero attached hydrogens (tertiary/aromatic N) is 2. The first-order valence-corrected chi connectivity index (χ1v) is 13.9. The van der Waals surface area contributed by atoms with Gasteiger partial charge in [0.1, 0.15) is 18.8 Å². The lowest BCUT2D eigenvalue weighted by Crippen LogP contribution is -2.27. The lowest BCUT2D eigenvalue weighted by Gasteiger charge is -2.19. The van der Waals surface area contributed by atoms with Gasteiger partial charge in [0, 0.05) is 29.4 Å². The van der Waals surface area contributed by atoms with Crippen LogP contribution in [-0.4, -0.2) is 24.5 Å². The summed E-state index contributed by atoms with van der Waals surface area (Å²) in [4.78, 5) is 19.5. The van der Waals surface area contributed by atoms with E-state index < -0.39 is 0 Å². The van der Waals surface area contributed by atoms with Crippen molar-refractivity contribution in [3.05, 3.63) is 145 Å². The molecule has 0 saturated heterocycles. The minimum Gasteiger partial charge on any atom is -0.459 e. The van der Waals surface area contributed by atoms with Crippen LogP contribution in [0.4, 0.5) is 5.69 Å². The molecule has 0 aliphatic rings. The van der Waals surface area contributed by atoms with Gasteiger partial charge >= 0.3 is 5.97 Å². The van der Waals surface area contributed by atoms with Crippen LogP contribution in [0.1, 0.15) is 5.56 Å². The minimum absolute atomic E-state index is 0.137. The fraction of sp³-hybridized carbons (Fsp3) is 0.0811. The Morgan fingerprint density at radius 1 is 0.690 bits per heavy atom. The summed E-state index contributed by atoms with van der Waals surface area (Å²) in [5, 5.41) is 0. The Kier molecular flexibility index (Phi) is 7.91. The zero-order chi connectivity index (χ0) is 28.7. The third-order valence-electron chi connectivity index (χ3n) is 7.07. The molecule has 0 radical (unpaired) electrons. The highest BCUT2D eigenvalue weighted by molar-refractivity contribution is 5.85. The molecule has 5 aromatic carbocycles. The molecule has 206 valence electrons. The monoisotopic (exact) mass is 550 g/mol. The van der Waals surface area contributed by atoms with Gasteiger partial charge < -0.3 is 14.1 Å². The van der Waals surface area contributed by atoms with Crippen molar-refractivity contribution in [2.75, 3.05) is 18.5 Å². The first-order chi connectivity index (χ1) is 20.7. The van der Waals surface area contributed by atoms with Gasteiger partial charge in [-0.1, -0.05) is 121 Å². The number of hydrogen-bond acceptors (Lipinski definition) is 5. The third kappa shape index (κ3) is 6.01. The Morgan fingerprint density at radius 2 is 1.29 bits per heavy atom. The molecule has 0 saturated carbocycles. The molecule has 5 heteroatoms. The summed E-state index contributed by atoms with van der Waals surface area (Å²) in [5.74, 6) is 0.995. The number of carbonyl (C=O) groups excluding carboxylic acids is 1. The molecule has 5 nitrogen and oxygen atoms in total. The third-order valence-corrected chi connectivity index (χ3v) is 7.07. The van der Waals surface area contributed by atoms with Crippen molar-refractivity contribution < 1.29 is 13.9 Å². The summed E-state index contributed by atoms with van der Waals surface area (Å²) >= 11 is 0. The smallest absolute Gasteiger partial charge is 0.325 e. The number of rotatable bonds is 9. The van der Waals surface area contributed by atoms with Crippen LogP contribution in [0.5, 0.6) is 0 Å². The van der Waals surface area contributed by atoms with E-state index in [1.807, 2.05) is 133 Å². The molecule has 1 aromatic heterocycles. The highest BCUT2D eigenvalue weighted by Gasteiger charge is 2.20. The van der Waals surface area contributed by atoms with E-state index in [1.54, 1.807) is 0 Å². The Bertz CT molecular complexity index is 1720. The van der Waals surface area contributed by atoms with Crippen molar-refractivity contribution in [2.45, 2.75) is 6.61 Å². The van der Waals surface area contributed by atoms with E-state index in [2.05, 4.69) is 18.2 Å². The van der Waals surface area contributed by atoms with Crippen molar-refractivity contribution in [1.82, 2.24) is 4.98 Å². The zero-order valence-electron chi connectivity index (χ0n) is 23.3. The quantitative estimate of drug-likeness (QED) is 0.169. The van der Waals surface area contributed by atoms with Crippen LogP contribution < -0.4 is 4.90 Å². The van der Waals surface area contributed by atoms with E-state index in [0.29, 0.717) is 5.89 Å². The Labute approximate surface area is 245 Å². The van der Waals surface area contributed by atoms with Gasteiger partial charge in [-0.25, -0.2) is 4.98 Å². The van der Waals surface area contributed by atoms with Gasteiger partial charge in [-0.3, -0.25) is 4.79 Å². The number of esters is 1. The van der Waals surface area contributed by atoms with Crippen LogP contribution >= 0.6 is 0 Å². The minimum atomic E-state index is -0.283. The van der Waals surface area contributed by atoms with Crippen molar-refractivity contribution in [3.8, 4) is 45.2 Å². The first-order valence-electron chi connectivity index (χ1n) is 13.9. The Balaban J connectivity index is 1.29. The fourth-order valence-electron chi connectivity index (χ4n) is 4.91. The molecule has 0 unspecified atom stereocenters. The Morgan fingerprint density at radius 3 is 2.00 bits per heavy atom. The van der Waals surface area contributed by atoms with Crippen molar-refractivity contribution >= 4 is 11.7 Å². The van der Waals surface area contributed by atoms with Gasteiger partial charge in [0.25, 0.3) is 0 Å². The number of anilines is 1. The fourth-order valence-corrected chi connectivity index (χ4v) is 4.91. The second-order valence-corrected chi connectivity index (χ2v) is 10.0. The standard InChI is InChI=1S/C37H30N2O3/c1-39(25-34(40)41-26-27-14-5-2-6-15-27)31-21-13-20-30(24-31)32-22-11-12-23-33(32)37-38-35(28-16-7-3-8-17-28)36(42-37)29-18-9-4-10-19-29/h2-24H,25-26H2,1H3. The SMILES string of the molecule is CN(CC(=O)OCc1ccccc1)c1cccc(-c2ccccc2-c2nc(-c3ccccc3)c(-c3ccccc3)o2)c1. The molecule has 42 heavy (non-hydrogen) atoms. The van der Waals surface area contributed by atoms with Crippen LogP contribution in [0.3, 0.4) is 0 Å². The number of likely N-dealkylation sites (N-methyl/N-ethyl adjacent to an activating group) is 1. The van der Waals surface area contributed by atoms with Gasteiger partial charge in [-0.15, -0.1) is 0 Å². The normalized spacial score (nSPS) is 10.8. The Hall–Kier alpha value is -5.42. The van der Waals surface area contributed by atoms with Gasteiger partial charge in [0.2, 0.25) is 5.89 Å². The molecule has 1 heterocycles. The number of aromatic nitrogens is 1. The summed E-state index contributed by atoms with van der Waals surface area (Å²) < 4.78 is 12.0. The number of oxazole rings is 1. The first kappa shape index (κ1) is 26.8. The molecule has 0 spiro atoms. The van der Waals surface area contributed by atoms with Gasteiger partial charge in [-0.05, 0) is 34.9 Å². The van der Waals surface area contributed by atoms with E-state index in [4.69, 9.17) is 14.1 Å². The molecular weight excluding hydrogens is 520 g/mol. The van der Waals surface area contributed by atoms with E-state index >= 15 is 0 Å². The van der Waals surface area contributed by atoms with Gasteiger partial charge in [-0.2, -0.15) is 0 Å². The molecule has 0 bridgehead atoms. The van der Waals surface area contributed by atoms with Crippen LogP contribution in [0.2, 0.25) is 0 Å². The van der Waals surface area contributed by atoms with Gasteiger partial charge in [0.05, 0.1) is 0 Å². The predicted molar refractivity (Wildman–Crippen MR) is 168 cm³/mol. The average Bonchev–Trinajstić information content (AvgIpc) is 3.51. The average molecular weight is 551 g/mol. The maximum absolute atomic E-state index is 12.6. The van der Waals surface area contributed by atoms with Crippen molar-refractivity contribution in [3.63, 3.8) is 0 Å². The van der Waals surface area contributed by atoms with Crippen LogP contribution in [0, 0.1) is 0 Å². The number of ether oxygens (including phenoxy) is 1. The van der Waals surface area contributed by atoms with Gasteiger partial charge in [0.15, 0.2) is 5.76 Å². The summed E-state index contributed by atoms with van der Waals surface area (Å²) in [6.45, 7) is 0.394. The molecule has 0 atom stereocenters. The topological polar surface area (TPSA) is 55.6 Å². The van der Waals surface area contributed by atoms with E-state index in [0.717, 1.165) is 50.5 Å². The maximum Gasteiger partial charge on any atom is 0.325 e. The molecule has 0 aliphatic heterocycles. The highest BCUT2D eigenvalue weighted by atomic mass is 16.5. The summed E-state index contributed by atoms with van der Waals surface area (Å²) in [7, 11) is 1.89. The van der Waals surface area contributed by atoms with Crippen molar-refractivity contribution in [1.29, 1.82) is 0 Å². The molecule has 0 aliphatic carbocycles. The van der Waals surface area contributed by atoms with E-state index in [-0.39, 0.29) is 19.1 Å². The largest absolute Gasteiger partial charge is 0.459 e. The van der Waals surface area contributed by atoms with Crippen LogP contribution in [0.15, 0.2) is 144 Å². The maximum atomic E-state index is 12.6. The molecule has 6 aromatic rings. The summed E-state index contributed by atoms with van der Waals surface area (Å²) in [6.07, 6.45) is 0. The second kappa shape index (κ2) is 12.4. The summed E-state index contributed by atoms with van der Waals surface area (Å²) in [5.41, 5.74) is 7.49. The number of hydrogen-bond donors (Lipinski definition) is 0. The van der Waals surface area contributed by atoms with Crippen molar-refractivity contribution in [2.24, 2.45) is 0 Å². The van der Waals surface area contributed by atoms with E-state index in [1.165, 1.54) is 0 Å². The number of benzene rings is 5. The second-order valence-electron chi connectivity index (χ2n) is 10.0. The molecule has 0 fully saturated rings. The van der Waals surface area contributed by atoms with E-state index in [9.17, 15) is 4.79 Å². The number of carbonyl (C=O) groups is 1. The predicted octanol–water partition coefficient (Wildman–Crippen LogP) is 8.52. The lowest BCUT2D eigenvalue weighted by molar-refractivity contribution is -0.143. The summed E-state index contributed by atoms with van der Waals surface area (Å²) in [6, 6.07) is 46.1. The zero-order valence-corrected chi connectivity index (χ0v) is 23.3. The van der Waals surface area contributed by atoms with Crippen LogP contribution in [0.25, 0.3) is 45.2 Å². The molecular formula is C37H30N2O3.